The van der Waals surface area contributed by atoms with Gasteiger partial charge in [0.25, 0.3) is 0 Å². The van der Waals surface area contributed by atoms with Crippen molar-refractivity contribution < 1.29 is 90.1 Å². The minimum atomic E-state index is -0.0824. The van der Waals surface area contributed by atoms with Gasteiger partial charge in [0.05, 0.1) is 151 Å². The highest BCUT2D eigenvalue weighted by Gasteiger charge is 2.55. The van der Waals surface area contributed by atoms with Gasteiger partial charge in [-0.25, -0.2) is 0 Å². The second kappa shape index (κ2) is 56.0. The highest BCUT2D eigenvalue weighted by Crippen LogP contribution is 2.52. The van der Waals surface area contributed by atoms with Crippen LogP contribution >= 0.6 is 0 Å². The van der Waals surface area contributed by atoms with E-state index < -0.39 is 0 Å². The van der Waals surface area contributed by atoms with Crippen LogP contribution in [0.2, 0.25) is 0 Å². The lowest BCUT2D eigenvalue weighted by Crippen LogP contribution is -2.68. The molecule has 7 aliphatic carbocycles. The maximum Gasteiger partial charge on any atom is 0.222 e. The number of hydrogen-bond acceptors (Lipinski definition) is 24. The molecular formula is C107H208N6O19. The summed E-state index contributed by atoms with van der Waals surface area (Å²) >= 11 is 0. The van der Waals surface area contributed by atoms with E-state index >= 15 is 0 Å². The molecule has 1 amide bonds. The van der Waals surface area contributed by atoms with Crippen LogP contribution in [0.25, 0.3) is 0 Å². The first kappa shape index (κ1) is 119. The van der Waals surface area contributed by atoms with Crippen molar-refractivity contribution in [1.29, 1.82) is 0 Å². The fourth-order valence-corrected chi connectivity index (χ4v) is 17.9. The smallest absolute Gasteiger partial charge is 0.222 e. The minimum absolute atomic E-state index is 0.0270. The van der Waals surface area contributed by atoms with Crippen molar-refractivity contribution in [1.82, 2.24) is 29.8 Å². The zero-order valence-corrected chi connectivity index (χ0v) is 91.3. The molecule has 3 saturated heterocycles. The van der Waals surface area contributed by atoms with Gasteiger partial charge >= 0.3 is 0 Å². The van der Waals surface area contributed by atoms with Gasteiger partial charge in [-0.3, -0.25) is 24.4 Å². The Morgan fingerprint density at radius 1 is 0.333 bits per heavy atom. The van der Waals surface area contributed by atoms with Gasteiger partial charge in [-0.05, 0) is 350 Å². The van der Waals surface area contributed by atoms with Gasteiger partial charge in [0.2, 0.25) is 5.91 Å². The molecule has 3 aliphatic heterocycles. The largest absolute Gasteiger partial charge is 0.381 e. The molecule has 0 bridgehead atoms. The van der Waals surface area contributed by atoms with Gasteiger partial charge in [0.15, 0.2) is 0 Å². The van der Waals surface area contributed by atoms with E-state index in [2.05, 4.69) is 246 Å². The molecule has 25 heteroatoms. The Morgan fingerprint density at radius 3 is 1.05 bits per heavy atom. The van der Waals surface area contributed by atoms with Crippen LogP contribution in [-0.4, -0.2) is 355 Å². The van der Waals surface area contributed by atoms with Crippen molar-refractivity contribution in [3.63, 3.8) is 0 Å². The molecule has 0 aromatic heterocycles. The molecule has 0 radical (unpaired) electrons. The molecule has 0 atom stereocenters. The predicted octanol–water partition coefficient (Wildman–Crippen LogP) is 18.7. The van der Waals surface area contributed by atoms with Gasteiger partial charge in [-0.2, -0.15) is 0 Å². The molecule has 10 rings (SSSR count). The normalized spacial score (nSPS) is 25.8. The first-order chi connectivity index (χ1) is 61.2. The Morgan fingerprint density at radius 2 is 0.667 bits per heavy atom. The van der Waals surface area contributed by atoms with E-state index in [9.17, 15) is 4.79 Å². The zero-order chi connectivity index (χ0) is 98.2. The van der Waals surface area contributed by atoms with Gasteiger partial charge < -0.3 is 95.5 Å². The highest BCUT2D eigenvalue weighted by atomic mass is 16.6. The molecule has 25 nitrogen and oxygen atoms in total. The molecule has 1 N–H and O–H groups in total. The minimum Gasteiger partial charge on any atom is -0.381 e. The Hall–Kier alpha value is -1.45. The second-order valence-corrected chi connectivity index (χ2v) is 50.3. The summed E-state index contributed by atoms with van der Waals surface area (Å²) < 4.78 is 106. The molecule has 132 heavy (non-hydrogen) atoms. The summed E-state index contributed by atoms with van der Waals surface area (Å²) in [5, 5.41) is 3.54. The number of amides is 1. The van der Waals surface area contributed by atoms with Crippen LogP contribution in [0.1, 0.15) is 356 Å². The number of ether oxygens (including phenoxy) is 18. The number of hydrogen-bond donors (Lipinski definition) is 1. The SMILES string of the molecule is CC(C)(C)OC1CC(NCCOCCCOC2CC(OC(C)(C)C)C2)C1.CC(C)(C)OC1CC(OCCCOCCCOC2CC3(C2)CN(C(C)(C)C)C3)C1.CC(C)(C)OCCCOCCN1CC(OC(C)(C)C)C1.CC(C)N(CCOCCCOC1CC(OC(C)(C)C)C1)C1CC(OC(C)(C)C)C1.CN(CCOC1CN(C(C)(C)C)C1)C(=O)CCCOC1CC(OC(C)(C)C)C1. The molecular weight excluding hydrogens is 1670 g/mol. The highest BCUT2D eigenvalue weighted by molar-refractivity contribution is 5.75. The Kier molecular flexibility index (Phi) is 50.6. The standard InChI is InChI=1S/C24H45NO4.C24H47NO4.C22H42N2O4.C21H41NO4.C16H33NO3/c1-22(2,3)25-17-24(18-25)15-21(16-24)28-12-8-10-26-9-7-11-27-19-13-20(14-19)29-23(4,5)6;1-18(2)25(19-14-21(15-19)28-23(3,4)5)10-13-26-11-9-12-27-20-16-22(17-20)29-24(6,7)8;1-21(2,3)24-15-19(16-24)27-12-10-23(7)20(25)9-8-11-26-17-13-18(14-17)28-22(4,5)6;1-20(2,3)25-18-12-16(13-18)22-8-11-23-9-7-10-24-17-14-19(15-17)26-21(4,5)6;1-15(2,3)19-10-7-9-18-11-8-17-12-14(13-17)20-16(4,5)6/h19-21H,7-18H2,1-6H3;18-22H,9-17H2,1-8H3;17-19H,8-16H2,1-7H3;16-19,22H,7-15H2,1-6H3;14H,7-13H2,1-6H3. The summed E-state index contributed by atoms with van der Waals surface area (Å²) in [6.07, 6.45) is 26.2. The third kappa shape index (κ3) is 53.1. The summed E-state index contributed by atoms with van der Waals surface area (Å²) in [6, 6.07) is 1.77. The number of carbonyl (C=O) groups excluding carboxylic acids is 1. The van der Waals surface area contributed by atoms with Crippen molar-refractivity contribution in [3.05, 3.63) is 0 Å². The van der Waals surface area contributed by atoms with Crippen molar-refractivity contribution in [3.8, 4) is 0 Å². The zero-order valence-electron chi connectivity index (χ0n) is 91.3. The number of likely N-dealkylation sites (tertiary alicyclic amines) is 3. The van der Waals surface area contributed by atoms with Gasteiger partial charge in [-0.15, -0.1) is 0 Å². The number of nitrogens with zero attached hydrogens (tertiary/aromatic N) is 5. The van der Waals surface area contributed by atoms with Gasteiger partial charge in [0, 0.05) is 186 Å². The van der Waals surface area contributed by atoms with E-state index in [4.69, 9.17) is 85.3 Å². The molecule has 0 unspecified atom stereocenters. The lowest BCUT2D eigenvalue weighted by atomic mass is 9.61. The molecule has 0 aromatic rings. The monoisotopic (exact) mass is 1880 g/mol. The van der Waals surface area contributed by atoms with Crippen molar-refractivity contribution >= 4 is 5.91 Å². The number of carbonyl (C=O) groups is 1. The Bertz CT molecular complexity index is 2970. The fourth-order valence-electron chi connectivity index (χ4n) is 17.9. The third-order valence-corrected chi connectivity index (χ3v) is 25.1. The lowest BCUT2D eigenvalue weighted by molar-refractivity contribution is -0.172. The fraction of sp³-hybridized carbons (Fsp3) is 0.991. The molecule has 10 aliphatic rings. The summed E-state index contributed by atoms with van der Waals surface area (Å²) in [5.41, 5.74) is 0.761. The van der Waals surface area contributed by atoms with Crippen molar-refractivity contribution in [2.24, 2.45) is 5.41 Å². The third-order valence-electron chi connectivity index (χ3n) is 25.1. The quantitative estimate of drug-likeness (QED) is 0.0561. The maximum atomic E-state index is 12.2. The van der Waals surface area contributed by atoms with Crippen LogP contribution in [0.15, 0.2) is 0 Å². The summed E-state index contributed by atoms with van der Waals surface area (Å²) in [5.74, 6) is 0.166. The van der Waals surface area contributed by atoms with E-state index in [1.165, 1.54) is 25.9 Å². The molecule has 10 fully saturated rings. The van der Waals surface area contributed by atoms with Crippen LogP contribution in [0, 0.1) is 5.41 Å². The molecule has 780 valence electrons. The number of rotatable bonds is 52. The lowest BCUT2D eigenvalue weighted by Gasteiger charge is -2.62. The molecule has 3 heterocycles. The first-order valence-electron chi connectivity index (χ1n) is 52.5. The average molecular weight is 1880 g/mol. The van der Waals surface area contributed by atoms with E-state index in [1.54, 1.807) is 4.90 Å². The predicted molar refractivity (Wildman–Crippen MR) is 533 cm³/mol. The van der Waals surface area contributed by atoms with E-state index in [0.29, 0.717) is 135 Å². The molecule has 1 spiro atoms. The Labute approximate surface area is 808 Å². The number of nitrogens with one attached hydrogen (secondary N) is 1. The average Bonchev–Trinajstić information content (AvgIpc) is 0.730. The summed E-state index contributed by atoms with van der Waals surface area (Å²) in [4.78, 5) is 23.9. The summed E-state index contributed by atoms with van der Waals surface area (Å²) in [7, 11) is 1.86. The Balaban J connectivity index is 0.000000255. The molecule has 0 aromatic carbocycles. The van der Waals surface area contributed by atoms with Gasteiger partial charge in [-0.1, -0.05) is 0 Å². The summed E-state index contributed by atoms with van der Waals surface area (Å²) in [6.45, 7) is 90.4. The molecule has 7 saturated carbocycles. The first-order valence-corrected chi connectivity index (χ1v) is 52.5. The van der Waals surface area contributed by atoms with Gasteiger partial charge in [0.1, 0.15) is 0 Å². The topological polar surface area (TPSA) is 211 Å². The van der Waals surface area contributed by atoms with E-state index in [-0.39, 0.29) is 56.3 Å². The number of likely N-dealkylation sites (N-methyl/N-ethyl adjacent to an activating group) is 1. The van der Waals surface area contributed by atoms with Crippen LogP contribution < -0.4 is 5.32 Å². The van der Waals surface area contributed by atoms with Crippen molar-refractivity contribution in [2.45, 2.75) is 510 Å². The van der Waals surface area contributed by atoms with Crippen LogP contribution in [0.4, 0.5) is 0 Å². The van der Waals surface area contributed by atoms with Crippen LogP contribution in [0.3, 0.4) is 0 Å². The van der Waals surface area contributed by atoms with E-state index in [0.717, 1.165) is 247 Å². The van der Waals surface area contributed by atoms with E-state index in [1.807, 2.05) is 7.05 Å². The van der Waals surface area contributed by atoms with Crippen LogP contribution in [0.5, 0.6) is 0 Å². The second-order valence-electron chi connectivity index (χ2n) is 50.3. The van der Waals surface area contributed by atoms with Crippen LogP contribution in [-0.2, 0) is 90.1 Å². The maximum absolute atomic E-state index is 12.2. The van der Waals surface area contributed by atoms with Crippen molar-refractivity contribution in [2.75, 3.05) is 172 Å².